The first-order valence-electron chi connectivity index (χ1n) is 5.88. The van der Waals surface area contributed by atoms with Gasteiger partial charge >= 0.3 is 0 Å². The molecule has 96 valence electrons. The van der Waals surface area contributed by atoms with Gasteiger partial charge in [-0.2, -0.15) is 0 Å². The lowest BCUT2D eigenvalue weighted by atomic mass is 10.1. The molecule has 0 amide bonds. The number of nitrogens with one attached hydrogen (secondary N) is 1. The molecule has 1 N–H and O–H groups in total. The van der Waals surface area contributed by atoms with Crippen LogP contribution in [0.4, 0.5) is 0 Å². The summed E-state index contributed by atoms with van der Waals surface area (Å²) in [6, 6.07) is 1.76. The summed E-state index contributed by atoms with van der Waals surface area (Å²) in [4.78, 5) is 28.7. The Labute approximate surface area is 105 Å². The Morgan fingerprint density at radius 1 is 1.44 bits per heavy atom. The zero-order chi connectivity index (χ0) is 13.3. The van der Waals surface area contributed by atoms with Crippen molar-refractivity contribution in [3.05, 3.63) is 34.4 Å². The lowest BCUT2D eigenvalue weighted by molar-refractivity contribution is 0.0933. The van der Waals surface area contributed by atoms with Crippen molar-refractivity contribution in [1.29, 1.82) is 0 Å². The average Bonchev–Trinajstić information content (AvgIpc) is 2.70. The highest BCUT2D eigenvalue weighted by atomic mass is 16.2. The van der Waals surface area contributed by atoms with E-state index in [-0.39, 0.29) is 11.5 Å². The van der Waals surface area contributed by atoms with Gasteiger partial charge in [-0.05, 0) is 32.1 Å². The Kier molecular flexibility index (Phi) is 3.34. The van der Waals surface area contributed by atoms with E-state index in [0.29, 0.717) is 5.39 Å². The number of pyridine rings is 1. The molecule has 0 aromatic carbocycles. The molecule has 2 rings (SSSR count). The fourth-order valence-corrected chi connectivity index (χ4v) is 1.99. The van der Waals surface area contributed by atoms with Crippen LogP contribution in [0.1, 0.15) is 17.3 Å². The van der Waals surface area contributed by atoms with Crippen molar-refractivity contribution in [2.75, 3.05) is 20.6 Å². The molecule has 0 aliphatic heterocycles. The maximum Gasteiger partial charge on any atom is 0.266 e. The zero-order valence-electron chi connectivity index (χ0n) is 10.9. The van der Waals surface area contributed by atoms with Crippen LogP contribution in [0.15, 0.2) is 23.3 Å². The van der Waals surface area contributed by atoms with Crippen LogP contribution in [0, 0.1) is 0 Å². The number of likely N-dealkylation sites (N-methyl/N-ethyl adjacent to an activating group) is 1. The summed E-state index contributed by atoms with van der Waals surface area (Å²) >= 11 is 0. The van der Waals surface area contributed by atoms with Gasteiger partial charge in [-0.15, -0.1) is 0 Å². The number of aromatic amines is 1. The summed E-state index contributed by atoms with van der Waals surface area (Å²) in [5.41, 5.74) is 1.50. The second kappa shape index (κ2) is 4.78. The van der Waals surface area contributed by atoms with Gasteiger partial charge in [-0.3, -0.25) is 14.2 Å². The summed E-state index contributed by atoms with van der Waals surface area (Å²) in [7, 11) is 3.98. The number of hydrogen-bond acceptors (Lipinski definition) is 3. The Hall–Kier alpha value is -1.88. The molecular weight excluding hydrogens is 230 g/mol. The largest absolute Gasteiger partial charge is 0.361 e. The highest BCUT2D eigenvalue weighted by Crippen LogP contribution is 2.14. The van der Waals surface area contributed by atoms with E-state index >= 15 is 0 Å². The summed E-state index contributed by atoms with van der Waals surface area (Å²) in [5.74, 6) is -0.262. The van der Waals surface area contributed by atoms with E-state index in [1.165, 1.54) is 13.1 Å². The van der Waals surface area contributed by atoms with Gasteiger partial charge in [-0.25, -0.2) is 0 Å². The molecule has 0 aliphatic carbocycles. The summed E-state index contributed by atoms with van der Waals surface area (Å²) < 4.78 is 1.15. The van der Waals surface area contributed by atoms with Crippen LogP contribution in [0.25, 0.3) is 10.9 Å². The van der Waals surface area contributed by atoms with Crippen LogP contribution in [0.5, 0.6) is 0 Å². The summed E-state index contributed by atoms with van der Waals surface area (Å²) in [6.45, 7) is 2.25. The average molecular weight is 247 g/mol. The number of hydrogen-bond donors (Lipinski definition) is 1. The first kappa shape index (κ1) is 12.6. The van der Waals surface area contributed by atoms with Gasteiger partial charge in [0.05, 0.1) is 10.9 Å². The number of aromatic nitrogens is 2. The van der Waals surface area contributed by atoms with E-state index in [4.69, 9.17) is 0 Å². The van der Waals surface area contributed by atoms with Crippen LogP contribution in [-0.2, 0) is 6.42 Å². The quantitative estimate of drug-likeness (QED) is 0.883. The van der Waals surface area contributed by atoms with Gasteiger partial charge < -0.3 is 9.88 Å². The molecule has 0 aliphatic rings. The molecule has 0 unspecified atom stereocenters. The van der Waals surface area contributed by atoms with Crippen molar-refractivity contribution in [2.45, 2.75) is 13.3 Å². The predicted octanol–water partition coefficient (Wildman–Crippen LogP) is 1.09. The first-order chi connectivity index (χ1) is 8.50. The Morgan fingerprint density at radius 2 is 2.17 bits per heavy atom. The zero-order valence-corrected chi connectivity index (χ0v) is 10.9. The first-order valence-corrected chi connectivity index (χ1v) is 5.88. The molecule has 2 aromatic rings. The minimum absolute atomic E-state index is 0.241. The van der Waals surface area contributed by atoms with Gasteiger partial charge in [0.25, 0.3) is 5.56 Å². The van der Waals surface area contributed by atoms with Crippen LogP contribution < -0.4 is 5.56 Å². The summed E-state index contributed by atoms with van der Waals surface area (Å²) in [5, 5.41) is 0.620. The van der Waals surface area contributed by atoms with Gasteiger partial charge in [0.1, 0.15) is 0 Å². The topological polar surface area (TPSA) is 58.1 Å². The van der Waals surface area contributed by atoms with Crippen molar-refractivity contribution >= 4 is 16.8 Å². The third-order valence-corrected chi connectivity index (χ3v) is 2.98. The van der Waals surface area contributed by atoms with Crippen molar-refractivity contribution in [3.8, 4) is 0 Å². The Balaban J connectivity index is 2.53. The van der Waals surface area contributed by atoms with E-state index in [1.807, 2.05) is 20.3 Å². The standard InChI is InChI=1S/C13H17N3O2/c1-9(17)16-7-5-11-12(13(16)18)10(8-14-11)4-6-15(2)3/h5,7-8,14H,4,6H2,1-3H3. The minimum Gasteiger partial charge on any atom is -0.361 e. The van der Waals surface area contributed by atoms with Crippen molar-refractivity contribution in [3.63, 3.8) is 0 Å². The van der Waals surface area contributed by atoms with Crippen molar-refractivity contribution < 1.29 is 4.79 Å². The minimum atomic E-state index is -0.262. The highest BCUT2D eigenvalue weighted by Gasteiger charge is 2.11. The molecule has 2 aromatic heterocycles. The van der Waals surface area contributed by atoms with Crippen LogP contribution in [0.2, 0.25) is 0 Å². The van der Waals surface area contributed by atoms with Crippen LogP contribution in [-0.4, -0.2) is 41.0 Å². The van der Waals surface area contributed by atoms with E-state index in [0.717, 1.165) is 28.6 Å². The molecule has 0 bridgehead atoms. The molecule has 0 radical (unpaired) electrons. The van der Waals surface area contributed by atoms with Gasteiger partial charge in [0.15, 0.2) is 0 Å². The molecule has 0 spiro atoms. The molecule has 18 heavy (non-hydrogen) atoms. The molecular formula is C13H17N3O2. The number of carbonyl (C=O) groups excluding carboxylic acids is 1. The number of nitrogens with zero attached hydrogens (tertiary/aromatic N) is 2. The summed E-state index contributed by atoms with van der Waals surface area (Å²) in [6.07, 6.45) is 4.14. The van der Waals surface area contributed by atoms with E-state index < -0.39 is 0 Å². The molecule has 0 fully saturated rings. The van der Waals surface area contributed by atoms with Crippen LogP contribution in [0.3, 0.4) is 0 Å². The van der Waals surface area contributed by atoms with Gasteiger partial charge in [0, 0.05) is 25.9 Å². The SMILES string of the molecule is CC(=O)n1ccc2[nH]cc(CCN(C)C)c2c1=O. The maximum absolute atomic E-state index is 12.2. The van der Waals surface area contributed by atoms with E-state index in [2.05, 4.69) is 9.88 Å². The second-order valence-electron chi connectivity index (χ2n) is 4.67. The molecule has 5 heteroatoms. The Morgan fingerprint density at radius 3 is 2.78 bits per heavy atom. The molecule has 2 heterocycles. The molecule has 0 saturated carbocycles. The maximum atomic E-state index is 12.2. The molecule has 0 saturated heterocycles. The lowest BCUT2D eigenvalue weighted by Gasteiger charge is -2.08. The van der Waals surface area contributed by atoms with Crippen molar-refractivity contribution in [2.24, 2.45) is 0 Å². The molecule has 5 nitrogen and oxygen atoms in total. The third-order valence-electron chi connectivity index (χ3n) is 2.98. The van der Waals surface area contributed by atoms with Crippen LogP contribution >= 0.6 is 0 Å². The highest BCUT2D eigenvalue weighted by molar-refractivity contribution is 5.86. The van der Waals surface area contributed by atoms with E-state index in [1.54, 1.807) is 6.07 Å². The predicted molar refractivity (Wildman–Crippen MR) is 71.1 cm³/mol. The third kappa shape index (κ3) is 2.22. The number of rotatable bonds is 3. The molecule has 0 atom stereocenters. The van der Waals surface area contributed by atoms with E-state index in [9.17, 15) is 9.59 Å². The normalized spacial score (nSPS) is 11.3. The number of fused-ring (bicyclic) bond motifs is 1. The lowest BCUT2D eigenvalue weighted by Crippen LogP contribution is -2.24. The fourth-order valence-electron chi connectivity index (χ4n) is 1.99. The Bertz CT molecular complexity index is 637. The monoisotopic (exact) mass is 247 g/mol. The number of H-pyrrole nitrogens is 1. The van der Waals surface area contributed by atoms with Gasteiger partial charge in [-0.1, -0.05) is 0 Å². The van der Waals surface area contributed by atoms with Crippen molar-refractivity contribution in [1.82, 2.24) is 14.5 Å². The van der Waals surface area contributed by atoms with Gasteiger partial charge in [0.2, 0.25) is 5.91 Å². The smallest absolute Gasteiger partial charge is 0.266 e. The second-order valence-corrected chi connectivity index (χ2v) is 4.67. The number of carbonyl (C=O) groups is 1. The fraction of sp³-hybridized carbons (Fsp3) is 0.385.